The number of aliphatic hydroxyl groups is 2. The van der Waals surface area contributed by atoms with Crippen molar-refractivity contribution in [1.29, 1.82) is 0 Å². The number of nitrogens with zero attached hydrogens (tertiary/aromatic N) is 1. The highest BCUT2D eigenvalue weighted by Crippen LogP contribution is 2.52. The molecule has 0 aliphatic carbocycles. The molecular weight excluding hydrogens is 546 g/mol. The number of carbonyl (C=O) groups is 2. The first-order valence-electron chi connectivity index (χ1n) is 11.6. The van der Waals surface area contributed by atoms with E-state index in [-0.39, 0.29) is 11.5 Å². The standard InChI is InChI=1S/C25H25F3NO9P/c1-14-3-7-16(8-4-14)37-39(34,38-17-9-5-15(2)6-10-17)35-13-25(24(27)28)22(33)21(32)23(36-25)29-12-18(26)19(30)11-20(29)31/h3-10,12,21-24,32-33H,11,13H2,1-2H3/t21-,22-,23-,25-/m1/s1. The number of allylic oxidation sites excluding steroid dienone is 1. The molecule has 1 saturated heterocycles. The maximum Gasteiger partial charge on any atom is 0.587 e. The van der Waals surface area contributed by atoms with Gasteiger partial charge >= 0.3 is 7.82 Å². The fourth-order valence-corrected chi connectivity index (χ4v) is 5.16. The molecule has 4 rings (SSSR count). The monoisotopic (exact) mass is 571 g/mol. The van der Waals surface area contributed by atoms with E-state index in [1.165, 1.54) is 24.3 Å². The normalized spacial score (nSPS) is 25.7. The van der Waals surface area contributed by atoms with Crippen molar-refractivity contribution < 1.29 is 55.8 Å². The average Bonchev–Trinajstić information content (AvgIpc) is 3.14. The number of phosphoric ester groups is 1. The number of carbonyl (C=O) groups excluding carboxylic acids is 2. The van der Waals surface area contributed by atoms with Crippen LogP contribution in [0.2, 0.25) is 0 Å². The molecule has 2 N–H and O–H groups in total. The number of phosphoric acid groups is 1. The predicted molar refractivity (Wildman–Crippen MR) is 128 cm³/mol. The third-order valence-corrected chi connectivity index (χ3v) is 7.46. The van der Waals surface area contributed by atoms with Crippen LogP contribution in [0.25, 0.3) is 0 Å². The highest BCUT2D eigenvalue weighted by atomic mass is 31.2. The van der Waals surface area contributed by atoms with E-state index in [4.69, 9.17) is 18.3 Å². The minimum Gasteiger partial charge on any atom is -0.395 e. The van der Waals surface area contributed by atoms with Crippen LogP contribution >= 0.6 is 7.82 Å². The van der Waals surface area contributed by atoms with Gasteiger partial charge in [-0.15, -0.1) is 0 Å². The van der Waals surface area contributed by atoms with Crippen molar-refractivity contribution in [1.82, 2.24) is 4.90 Å². The number of aryl methyl sites for hydroxylation is 2. The number of aliphatic hydroxyl groups excluding tert-OH is 2. The first-order chi connectivity index (χ1) is 18.3. The van der Waals surface area contributed by atoms with Crippen LogP contribution < -0.4 is 9.05 Å². The number of rotatable bonds is 9. The number of ether oxygens (including phenoxy) is 1. The third-order valence-electron chi connectivity index (χ3n) is 6.14. The quantitative estimate of drug-likeness (QED) is 0.343. The van der Waals surface area contributed by atoms with Gasteiger partial charge in [0.25, 0.3) is 6.43 Å². The van der Waals surface area contributed by atoms with Crippen molar-refractivity contribution >= 4 is 19.5 Å². The molecule has 1 amide bonds. The van der Waals surface area contributed by atoms with Crippen LogP contribution in [-0.4, -0.2) is 63.9 Å². The molecule has 0 spiro atoms. The van der Waals surface area contributed by atoms with Crippen molar-refractivity contribution in [2.75, 3.05) is 6.61 Å². The van der Waals surface area contributed by atoms with Crippen LogP contribution in [0.4, 0.5) is 13.2 Å². The summed E-state index contributed by atoms with van der Waals surface area (Å²) in [5.41, 5.74) is -1.37. The van der Waals surface area contributed by atoms with E-state index in [9.17, 15) is 37.5 Å². The number of ketones is 1. The summed E-state index contributed by atoms with van der Waals surface area (Å²) in [5, 5.41) is 21.1. The Labute approximate surface area is 221 Å². The summed E-state index contributed by atoms with van der Waals surface area (Å²) in [6.45, 7) is 2.24. The Morgan fingerprint density at radius 1 is 1.03 bits per heavy atom. The van der Waals surface area contributed by atoms with Gasteiger partial charge in [0, 0.05) is 6.20 Å². The van der Waals surface area contributed by atoms with E-state index in [0.717, 1.165) is 11.1 Å². The fourth-order valence-electron chi connectivity index (χ4n) is 3.90. The summed E-state index contributed by atoms with van der Waals surface area (Å²) < 4.78 is 77.7. The molecule has 210 valence electrons. The lowest BCUT2D eigenvalue weighted by Crippen LogP contribution is -2.52. The van der Waals surface area contributed by atoms with Gasteiger partial charge < -0.3 is 24.0 Å². The molecule has 2 aromatic rings. The zero-order valence-electron chi connectivity index (χ0n) is 20.7. The Hall–Kier alpha value is -3.22. The van der Waals surface area contributed by atoms with Crippen molar-refractivity contribution in [2.45, 2.75) is 50.7 Å². The Kier molecular flexibility index (Phi) is 8.20. The summed E-state index contributed by atoms with van der Waals surface area (Å²) in [5.74, 6) is -3.54. The van der Waals surface area contributed by atoms with Gasteiger partial charge in [0.2, 0.25) is 11.7 Å². The van der Waals surface area contributed by atoms with Gasteiger partial charge in [-0.05, 0) is 38.1 Å². The zero-order chi connectivity index (χ0) is 28.5. The lowest BCUT2D eigenvalue weighted by molar-refractivity contribution is -0.200. The number of halogens is 3. The second-order valence-electron chi connectivity index (χ2n) is 9.11. The van der Waals surface area contributed by atoms with Gasteiger partial charge in [-0.25, -0.2) is 17.7 Å². The lowest BCUT2D eigenvalue weighted by Gasteiger charge is -2.33. The van der Waals surface area contributed by atoms with E-state index >= 15 is 0 Å². The maximum absolute atomic E-state index is 14.4. The summed E-state index contributed by atoms with van der Waals surface area (Å²) in [6, 6.07) is 12.3. The van der Waals surface area contributed by atoms with E-state index < -0.39 is 68.8 Å². The van der Waals surface area contributed by atoms with Crippen molar-refractivity contribution in [2.24, 2.45) is 0 Å². The van der Waals surface area contributed by atoms with Crippen molar-refractivity contribution in [3.63, 3.8) is 0 Å². The molecule has 4 atom stereocenters. The molecular formula is C25H25F3NO9P. The van der Waals surface area contributed by atoms with Crippen molar-refractivity contribution in [3.8, 4) is 11.5 Å². The average molecular weight is 571 g/mol. The molecule has 0 saturated carbocycles. The van der Waals surface area contributed by atoms with Crippen LogP contribution in [-0.2, 0) is 23.4 Å². The third kappa shape index (κ3) is 6.02. The van der Waals surface area contributed by atoms with Crippen LogP contribution in [0.15, 0.2) is 60.6 Å². The van der Waals surface area contributed by atoms with Crippen LogP contribution in [0.1, 0.15) is 17.5 Å². The molecule has 0 radical (unpaired) electrons. The number of amides is 1. The molecule has 2 aliphatic rings. The van der Waals surface area contributed by atoms with Crippen LogP contribution in [0.5, 0.6) is 11.5 Å². The first kappa shape index (κ1) is 28.8. The predicted octanol–water partition coefficient (Wildman–Crippen LogP) is 3.58. The topological polar surface area (TPSA) is 132 Å². The van der Waals surface area contributed by atoms with Crippen LogP contribution in [0.3, 0.4) is 0 Å². The number of benzene rings is 2. The molecule has 2 heterocycles. The summed E-state index contributed by atoms with van der Waals surface area (Å²) in [6.07, 6.45) is -10.7. The van der Waals surface area contributed by atoms with Gasteiger partial charge in [-0.3, -0.25) is 19.0 Å². The number of hydrogen-bond acceptors (Lipinski definition) is 9. The van der Waals surface area contributed by atoms with Gasteiger partial charge in [0.15, 0.2) is 17.7 Å². The van der Waals surface area contributed by atoms with E-state index in [1.807, 2.05) is 0 Å². The minimum absolute atomic E-state index is 0.0112. The molecule has 0 unspecified atom stereocenters. The molecule has 10 nitrogen and oxygen atoms in total. The Bertz CT molecular complexity index is 1250. The fraction of sp³-hybridized carbons (Fsp3) is 0.360. The second kappa shape index (κ2) is 11.1. The Morgan fingerprint density at radius 2 is 1.54 bits per heavy atom. The first-order valence-corrected chi connectivity index (χ1v) is 13.1. The molecule has 1 fully saturated rings. The Balaban J connectivity index is 1.62. The molecule has 0 bridgehead atoms. The van der Waals surface area contributed by atoms with Gasteiger partial charge in [-0.1, -0.05) is 35.4 Å². The maximum atomic E-state index is 14.4. The molecule has 39 heavy (non-hydrogen) atoms. The molecule has 2 aromatic carbocycles. The molecule has 0 aromatic heterocycles. The van der Waals surface area contributed by atoms with Gasteiger partial charge in [0.1, 0.15) is 23.7 Å². The second-order valence-corrected chi connectivity index (χ2v) is 10.6. The Morgan fingerprint density at radius 3 is 2.03 bits per heavy atom. The highest BCUT2D eigenvalue weighted by Gasteiger charge is 2.63. The van der Waals surface area contributed by atoms with Gasteiger partial charge in [0.05, 0.1) is 13.0 Å². The number of hydrogen-bond donors (Lipinski definition) is 2. The number of alkyl halides is 2. The molecule has 2 aliphatic heterocycles. The lowest BCUT2D eigenvalue weighted by atomic mass is 9.96. The largest absolute Gasteiger partial charge is 0.587 e. The SMILES string of the molecule is Cc1ccc(OP(=O)(OC[C@@]2(C(F)F)O[C@@H](N3C=C(F)C(=O)CC3=O)[C@H](O)[C@H]2O)Oc2ccc(C)cc2)cc1. The van der Waals surface area contributed by atoms with E-state index in [0.29, 0.717) is 11.1 Å². The molecule has 14 heteroatoms. The zero-order valence-corrected chi connectivity index (χ0v) is 21.6. The van der Waals surface area contributed by atoms with E-state index in [1.54, 1.807) is 38.1 Å². The van der Waals surface area contributed by atoms with Crippen molar-refractivity contribution in [3.05, 3.63) is 71.7 Å². The summed E-state index contributed by atoms with van der Waals surface area (Å²) in [7, 11) is -4.76. The summed E-state index contributed by atoms with van der Waals surface area (Å²) in [4.78, 5) is 24.1. The highest BCUT2D eigenvalue weighted by molar-refractivity contribution is 7.49. The smallest absolute Gasteiger partial charge is 0.395 e. The van der Waals surface area contributed by atoms with E-state index in [2.05, 4.69) is 0 Å². The summed E-state index contributed by atoms with van der Waals surface area (Å²) >= 11 is 0. The minimum atomic E-state index is -4.76. The van der Waals surface area contributed by atoms with Gasteiger partial charge in [-0.2, -0.15) is 0 Å². The number of Topliss-reactive ketones (excluding diaryl/α,β-unsaturated/α-hetero) is 1. The van der Waals surface area contributed by atoms with Crippen LogP contribution in [0, 0.1) is 13.8 Å².